The summed E-state index contributed by atoms with van der Waals surface area (Å²) in [5.41, 5.74) is 1.80. The second kappa shape index (κ2) is 6.03. The zero-order chi connectivity index (χ0) is 13.1. The van der Waals surface area contributed by atoms with Gasteiger partial charge in [0.05, 0.1) is 0 Å². The maximum atomic E-state index is 6.08. The number of halogens is 4. The van der Waals surface area contributed by atoms with Crippen molar-refractivity contribution in [2.45, 2.75) is 6.54 Å². The first-order chi connectivity index (χ1) is 8.54. The van der Waals surface area contributed by atoms with E-state index in [9.17, 15) is 0 Å². The summed E-state index contributed by atoms with van der Waals surface area (Å²) in [6.07, 6.45) is 0. The molecule has 2 aromatic rings. The number of nitrogens with one attached hydrogen (secondary N) is 1. The molecule has 0 radical (unpaired) electrons. The highest BCUT2D eigenvalue weighted by atomic mass is 35.5. The van der Waals surface area contributed by atoms with E-state index >= 15 is 0 Å². The van der Waals surface area contributed by atoms with Gasteiger partial charge in [-0.3, -0.25) is 0 Å². The van der Waals surface area contributed by atoms with E-state index in [1.165, 1.54) is 0 Å². The molecule has 0 spiro atoms. The van der Waals surface area contributed by atoms with Crippen molar-refractivity contribution in [3.05, 3.63) is 62.1 Å². The fourth-order valence-electron chi connectivity index (χ4n) is 1.52. The highest BCUT2D eigenvalue weighted by Gasteiger charge is 2.02. The molecule has 0 saturated carbocycles. The molecule has 1 N–H and O–H groups in total. The van der Waals surface area contributed by atoms with Gasteiger partial charge in [0.2, 0.25) is 0 Å². The van der Waals surface area contributed by atoms with Crippen molar-refractivity contribution in [3.8, 4) is 0 Å². The van der Waals surface area contributed by atoms with Crippen LogP contribution in [0.25, 0.3) is 0 Å². The van der Waals surface area contributed by atoms with Crippen molar-refractivity contribution in [3.63, 3.8) is 0 Å². The van der Waals surface area contributed by atoms with Crippen LogP contribution in [0, 0.1) is 0 Å². The molecule has 0 aliphatic carbocycles. The fraction of sp³-hybridized carbons (Fsp3) is 0.0769. The number of benzene rings is 2. The Morgan fingerprint density at radius 2 is 1.44 bits per heavy atom. The van der Waals surface area contributed by atoms with Gasteiger partial charge in [-0.25, -0.2) is 0 Å². The van der Waals surface area contributed by atoms with Crippen molar-refractivity contribution in [2.75, 3.05) is 5.32 Å². The zero-order valence-electron chi connectivity index (χ0n) is 9.18. The van der Waals surface area contributed by atoms with Crippen molar-refractivity contribution >= 4 is 52.1 Å². The average molecular weight is 321 g/mol. The summed E-state index contributed by atoms with van der Waals surface area (Å²) < 4.78 is 0. The maximum absolute atomic E-state index is 6.08. The van der Waals surface area contributed by atoms with Crippen LogP contribution in [0.1, 0.15) is 5.56 Å². The minimum Gasteiger partial charge on any atom is -0.381 e. The highest BCUT2D eigenvalue weighted by Crippen LogP contribution is 2.25. The number of hydrogen-bond acceptors (Lipinski definition) is 1. The van der Waals surface area contributed by atoms with E-state index in [1.807, 2.05) is 6.07 Å². The summed E-state index contributed by atoms with van der Waals surface area (Å²) in [7, 11) is 0. The Labute approximate surface area is 126 Å². The molecule has 2 rings (SSSR count). The van der Waals surface area contributed by atoms with Gasteiger partial charge in [0.15, 0.2) is 0 Å². The molecular weight excluding hydrogens is 312 g/mol. The lowest BCUT2D eigenvalue weighted by Gasteiger charge is -2.09. The molecule has 0 fully saturated rings. The Bertz CT molecular complexity index is 549. The van der Waals surface area contributed by atoms with Crippen LogP contribution in [0.5, 0.6) is 0 Å². The summed E-state index contributed by atoms with van der Waals surface area (Å²) in [5, 5.41) is 5.63. The lowest BCUT2D eigenvalue weighted by molar-refractivity contribution is 1.15. The molecule has 0 bridgehead atoms. The summed E-state index contributed by atoms with van der Waals surface area (Å²) in [6, 6.07) is 10.7. The molecule has 18 heavy (non-hydrogen) atoms. The average Bonchev–Trinajstić information content (AvgIpc) is 2.26. The molecule has 0 saturated heterocycles. The van der Waals surface area contributed by atoms with Gasteiger partial charge in [-0.1, -0.05) is 52.5 Å². The summed E-state index contributed by atoms with van der Waals surface area (Å²) >= 11 is 23.7. The van der Waals surface area contributed by atoms with Crippen LogP contribution in [-0.4, -0.2) is 0 Å². The van der Waals surface area contributed by atoms with E-state index in [0.29, 0.717) is 26.6 Å². The minimum absolute atomic E-state index is 0.576. The molecular formula is C13H9Cl4N. The Morgan fingerprint density at radius 1 is 0.778 bits per heavy atom. The Morgan fingerprint density at radius 3 is 2.06 bits per heavy atom. The number of rotatable bonds is 3. The van der Waals surface area contributed by atoms with Crippen LogP contribution in [0.4, 0.5) is 5.69 Å². The topological polar surface area (TPSA) is 12.0 Å². The molecule has 0 aromatic heterocycles. The number of hydrogen-bond donors (Lipinski definition) is 1. The minimum atomic E-state index is 0.576. The Balaban J connectivity index is 2.11. The van der Waals surface area contributed by atoms with Gasteiger partial charge >= 0.3 is 0 Å². The van der Waals surface area contributed by atoms with Crippen molar-refractivity contribution in [1.82, 2.24) is 0 Å². The molecule has 0 heterocycles. The standard InChI is InChI=1S/C13H9Cl4N/c14-9-2-1-8(13(17)6-9)7-18-12-4-10(15)3-11(16)5-12/h1-6,18H,7H2. The normalized spacial score (nSPS) is 10.4. The first-order valence-electron chi connectivity index (χ1n) is 5.18. The summed E-state index contributed by atoms with van der Waals surface area (Å²) in [6.45, 7) is 0.576. The van der Waals surface area contributed by atoms with Crippen molar-refractivity contribution < 1.29 is 0 Å². The second-order valence-corrected chi connectivity index (χ2v) is 5.46. The molecule has 0 unspecified atom stereocenters. The largest absolute Gasteiger partial charge is 0.381 e. The molecule has 0 amide bonds. The van der Waals surface area contributed by atoms with Gasteiger partial charge < -0.3 is 5.32 Å². The molecule has 2 aromatic carbocycles. The van der Waals surface area contributed by atoms with E-state index < -0.39 is 0 Å². The monoisotopic (exact) mass is 319 g/mol. The second-order valence-electron chi connectivity index (χ2n) is 3.75. The third-order valence-electron chi connectivity index (χ3n) is 2.36. The SMILES string of the molecule is Clc1cc(Cl)cc(NCc2ccc(Cl)cc2Cl)c1. The van der Waals surface area contributed by atoms with Gasteiger partial charge in [0.1, 0.15) is 0 Å². The molecule has 0 aliphatic heterocycles. The van der Waals surface area contributed by atoms with E-state index in [0.717, 1.165) is 11.3 Å². The van der Waals surface area contributed by atoms with Crippen LogP contribution in [0.15, 0.2) is 36.4 Å². The summed E-state index contributed by atoms with van der Waals surface area (Å²) in [4.78, 5) is 0. The van der Waals surface area contributed by atoms with Crippen LogP contribution in [-0.2, 0) is 6.54 Å². The molecule has 94 valence electrons. The van der Waals surface area contributed by atoms with Gasteiger partial charge in [0, 0.05) is 32.3 Å². The van der Waals surface area contributed by atoms with E-state index in [2.05, 4.69) is 5.32 Å². The molecule has 1 nitrogen and oxygen atoms in total. The first-order valence-corrected chi connectivity index (χ1v) is 6.69. The van der Waals surface area contributed by atoms with Gasteiger partial charge in [0.25, 0.3) is 0 Å². The zero-order valence-corrected chi connectivity index (χ0v) is 12.2. The maximum Gasteiger partial charge on any atom is 0.0470 e. The van der Waals surface area contributed by atoms with Crippen molar-refractivity contribution in [2.24, 2.45) is 0 Å². The van der Waals surface area contributed by atoms with Crippen LogP contribution < -0.4 is 5.32 Å². The smallest absolute Gasteiger partial charge is 0.0470 e. The van der Waals surface area contributed by atoms with Crippen LogP contribution in [0.3, 0.4) is 0 Å². The number of anilines is 1. The highest BCUT2D eigenvalue weighted by molar-refractivity contribution is 6.35. The first kappa shape index (κ1) is 13.8. The van der Waals surface area contributed by atoms with Gasteiger partial charge in [-0.2, -0.15) is 0 Å². The molecule has 0 atom stereocenters. The Kier molecular flexibility index (Phi) is 4.63. The van der Waals surface area contributed by atoms with Crippen LogP contribution in [0.2, 0.25) is 20.1 Å². The third kappa shape index (κ3) is 3.69. The van der Waals surface area contributed by atoms with E-state index in [-0.39, 0.29) is 0 Å². The van der Waals surface area contributed by atoms with Crippen molar-refractivity contribution in [1.29, 1.82) is 0 Å². The van der Waals surface area contributed by atoms with Gasteiger partial charge in [-0.05, 0) is 35.9 Å². The quantitative estimate of drug-likeness (QED) is 0.741. The van der Waals surface area contributed by atoms with Crippen LogP contribution >= 0.6 is 46.4 Å². The lowest BCUT2D eigenvalue weighted by atomic mass is 10.2. The third-order valence-corrected chi connectivity index (χ3v) is 3.38. The predicted octanol–water partition coefficient (Wildman–Crippen LogP) is 5.91. The molecule has 0 aliphatic rings. The Hall–Kier alpha value is -0.600. The van der Waals surface area contributed by atoms with Gasteiger partial charge in [-0.15, -0.1) is 0 Å². The summed E-state index contributed by atoms with van der Waals surface area (Å²) in [5.74, 6) is 0. The fourth-order valence-corrected chi connectivity index (χ4v) is 2.52. The molecule has 5 heteroatoms. The predicted molar refractivity (Wildman–Crippen MR) is 80.3 cm³/mol. The van der Waals surface area contributed by atoms with E-state index in [4.69, 9.17) is 46.4 Å². The van der Waals surface area contributed by atoms with E-state index in [1.54, 1.807) is 30.3 Å². The lowest BCUT2D eigenvalue weighted by Crippen LogP contribution is -2.00.